The van der Waals surface area contributed by atoms with Gasteiger partial charge in [-0.15, -0.1) is 0 Å². The lowest BCUT2D eigenvalue weighted by molar-refractivity contribution is 0.248. The van der Waals surface area contributed by atoms with E-state index in [0.717, 1.165) is 0 Å². The van der Waals surface area contributed by atoms with E-state index in [0.29, 0.717) is 6.54 Å². The van der Waals surface area contributed by atoms with E-state index in [4.69, 9.17) is 0 Å². The summed E-state index contributed by atoms with van der Waals surface area (Å²) in [5.41, 5.74) is 0. The summed E-state index contributed by atoms with van der Waals surface area (Å²) in [5.74, 6) is 0.286. The number of hydrogen-bond acceptors (Lipinski definition) is 3. The molecular formula is C5H10N2O3S. The third-order valence-electron chi connectivity index (χ3n) is 0.819. The third kappa shape index (κ3) is 6.98. The molecule has 0 aliphatic carbocycles. The molecule has 5 nitrogen and oxygen atoms in total. The van der Waals surface area contributed by atoms with Crippen molar-refractivity contribution in [2.24, 2.45) is 10.3 Å². The van der Waals surface area contributed by atoms with Crippen LogP contribution in [-0.4, -0.2) is 21.0 Å². The van der Waals surface area contributed by atoms with Gasteiger partial charge >= 0.3 is 16.5 Å². The maximum atomic E-state index is 10.5. The van der Waals surface area contributed by atoms with Gasteiger partial charge in [-0.25, -0.2) is 4.79 Å². The van der Waals surface area contributed by atoms with Crippen molar-refractivity contribution in [3.05, 3.63) is 0 Å². The van der Waals surface area contributed by atoms with Gasteiger partial charge in [-0.05, 0) is 5.92 Å². The second-order valence-corrected chi connectivity index (χ2v) is 3.01. The Morgan fingerprint density at radius 1 is 1.55 bits per heavy atom. The van der Waals surface area contributed by atoms with Crippen LogP contribution in [-0.2, 0) is 10.5 Å². The SMILES string of the molecule is CC(C)CNC(=O)N=S(=O)=O. The molecule has 0 unspecified atom stereocenters. The summed E-state index contributed by atoms with van der Waals surface area (Å²) in [6.45, 7) is 4.22. The van der Waals surface area contributed by atoms with Crippen molar-refractivity contribution in [1.29, 1.82) is 0 Å². The van der Waals surface area contributed by atoms with Crippen molar-refractivity contribution in [3.8, 4) is 0 Å². The van der Waals surface area contributed by atoms with E-state index in [1.165, 1.54) is 0 Å². The van der Waals surface area contributed by atoms with Crippen LogP contribution in [0, 0.1) is 5.92 Å². The number of carbonyl (C=O) groups excluding carboxylic acids is 1. The lowest BCUT2D eigenvalue weighted by Gasteiger charge is -2.01. The first-order valence-electron chi connectivity index (χ1n) is 3.11. The first kappa shape index (κ1) is 10.1. The maximum absolute atomic E-state index is 10.5. The standard InChI is InChI=1S/C5H10N2O3S/c1-4(2)3-6-5(8)7-11(9)10/h4H,3H2,1-2H3,(H,6,8). The number of urea groups is 1. The smallest absolute Gasteiger partial charge is 0.335 e. The molecule has 0 radical (unpaired) electrons. The summed E-state index contributed by atoms with van der Waals surface area (Å²) in [7, 11) is -2.65. The molecule has 0 rings (SSSR count). The van der Waals surface area contributed by atoms with Gasteiger partial charge in [-0.3, -0.25) is 0 Å². The Hall–Kier alpha value is -0.910. The fraction of sp³-hybridized carbons (Fsp3) is 0.800. The molecule has 0 aliphatic heterocycles. The Kier molecular flexibility index (Phi) is 4.44. The summed E-state index contributed by atoms with van der Waals surface area (Å²) in [4.78, 5) is 10.5. The molecule has 1 N–H and O–H groups in total. The predicted molar refractivity (Wildman–Crippen MR) is 39.6 cm³/mol. The van der Waals surface area contributed by atoms with E-state index in [-0.39, 0.29) is 5.92 Å². The van der Waals surface area contributed by atoms with Gasteiger partial charge in [0.15, 0.2) is 0 Å². The summed E-state index contributed by atoms with van der Waals surface area (Å²) in [6.07, 6.45) is 0. The molecule has 11 heavy (non-hydrogen) atoms. The molecule has 0 aromatic heterocycles. The number of hydrogen-bond donors (Lipinski definition) is 1. The molecule has 0 saturated heterocycles. The number of nitrogens with one attached hydrogen (secondary N) is 1. The Balaban J connectivity index is 3.81. The van der Waals surface area contributed by atoms with E-state index in [1.54, 1.807) is 0 Å². The summed E-state index contributed by atoms with van der Waals surface area (Å²) >= 11 is 0. The lowest BCUT2D eigenvalue weighted by Crippen LogP contribution is -2.24. The van der Waals surface area contributed by atoms with Crippen molar-refractivity contribution < 1.29 is 13.2 Å². The molecule has 0 aliphatic rings. The number of nitrogens with zero attached hydrogens (tertiary/aromatic N) is 1. The first-order valence-corrected chi connectivity index (χ1v) is 4.14. The van der Waals surface area contributed by atoms with Gasteiger partial charge in [0.2, 0.25) is 0 Å². The minimum absolute atomic E-state index is 0.286. The van der Waals surface area contributed by atoms with Gasteiger partial charge in [-0.1, -0.05) is 18.2 Å². The van der Waals surface area contributed by atoms with Crippen LogP contribution in [0.2, 0.25) is 0 Å². The molecule has 0 aromatic carbocycles. The van der Waals surface area contributed by atoms with Crippen LogP contribution >= 0.6 is 0 Å². The maximum Gasteiger partial charge on any atom is 0.355 e. The molecule has 0 fully saturated rings. The summed E-state index contributed by atoms with van der Waals surface area (Å²) in [6, 6.07) is -0.813. The largest absolute Gasteiger partial charge is 0.355 e. The Labute approximate surface area is 66.5 Å². The van der Waals surface area contributed by atoms with Gasteiger partial charge in [-0.2, -0.15) is 8.42 Å². The summed E-state index contributed by atoms with van der Waals surface area (Å²) in [5, 5.41) is 2.31. The van der Waals surface area contributed by atoms with Gasteiger partial charge in [0.05, 0.1) is 0 Å². The molecule has 0 spiro atoms. The first-order chi connectivity index (χ1) is 5.02. The fourth-order valence-electron chi connectivity index (χ4n) is 0.391. The predicted octanol–water partition coefficient (Wildman–Crippen LogP) is 0.415. The molecule has 0 heterocycles. The number of amides is 2. The van der Waals surface area contributed by atoms with Gasteiger partial charge in [0, 0.05) is 6.54 Å². The average molecular weight is 178 g/mol. The molecule has 2 amide bonds. The van der Waals surface area contributed by atoms with Crippen molar-refractivity contribution in [1.82, 2.24) is 5.32 Å². The Bertz CT molecular complexity index is 247. The van der Waals surface area contributed by atoms with Crippen molar-refractivity contribution in [2.45, 2.75) is 13.8 Å². The minimum Gasteiger partial charge on any atom is -0.335 e. The highest BCUT2D eigenvalue weighted by Crippen LogP contribution is 1.87. The van der Waals surface area contributed by atoms with Crippen LogP contribution in [0.5, 0.6) is 0 Å². The highest BCUT2D eigenvalue weighted by molar-refractivity contribution is 7.62. The van der Waals surface area contributed by atoms with Crippen molar-refractivity contribution >= 4 is 16.5 Å². The second kappa shape index (κ2) is 4.84. The molecule has 64 valence electrons. The summed E-state index contributed by atoms with van der Waals surface area (Å²) < 4.78 is 22.4. The van der Waals surface area contributed by atoms with Gasteiger partial charge < -0.3 is 5.32 Å². The van der Waals surface area contributed by atoms with Crippen LogP contribution in [0.15, 0.2) is 4.36 Å². The molecular weight excluding hydrogens is 168 g/mol. The highest BCUT2D eigenvalue weighted by Gasteiger charge is 1.98. The van der Waals surface area contributed by atoms with Gasteiger partial charge in [0.25, 0.3) is 0 Å². The monoisotopic (exact) mass is 178 g/mol. The van der Waals surface area contributed by atoms with E-state index >= 15 is 0 Å². The number of carbonyl (C=O) groups is 1. The van der Waals surface area contributed by atoms with Crippen LogP contribution in [0.3, 0.4) is 0 Å². The molecule has 0 aromatic rings. The topological polar surface area (TPSA) is 75.6 Å². The van der Waals surface area contributed by atoms with Crippen LogP contribution in [0.4, 0.5) is 4.79 Å². The second-order valence-electron chi connectivity index (χ2n) is 2.39. The molecule has 0 saturated carbocycles. The van der Waals surface area contributed by atoms with Crippen LogP contribution in [0.1, 0.15) is 13.8 Å². The van der Waals surface area contributed by atoms with Crippen molar-refractivity contribution in [2.75, 3.05) is 6.54 Å². The molecule has 0 bridgehead atoms. The highest BCUT2D eigenvalue weighted by atomic mass is 32.2. The van der Waals surface area contributed by atoms with Crippen LogP contribution < -0.4 is 5.32 Å². The average Bonchev–Trinajstić information content (AvgIpc) is 1.82. The fourth-order valence-corrected chi connectivity index (χ4v) is 0.591. The molecule has 6 heteroatoms. The number of rotatable bonds is 2. The zero-order valence-corrected chi connectivity index (χ0v) is 7.18. The van der Waals surface area contributed by atoms with E-state index in [2.05, 4.69) is 9.68 Å². The van der Waals surface area contributed by atoms with E-state index in [9.17, 15) is 13.2 Å². The zero-order valence-electron chi connectivity index (χ0n) is 6.36. The van der Waals surface area contributed by atoms with E-state index in [1.807, 2.05) is 13.8 Å². The molecule has 0 atom stereocenters. The third-order valence-corrected chi connectivity index (χ3v) is 1.13. The quantitative estimate of drug-likeness (QED) is 0.665. The van der Waals surface area contributed by atoms with E-state index < -0.39 is 16.5 Å². The Morgan fingerprint density at radius 2 is 2.09 bits per heavy atom. The van der Waals surface area contributed by atoms with Gasteiger partial charge in [0.1, 0.15) is 0 Å². The normalized spacial score (nSPS) is 9.36. The minimum atomic E-state index is -2.65. The Morgan fingerprint density at radius 3 is 2.45 bits per heavy atom. The lowest BCUT2D eigenvalue weighted by atomic mass is 10.2. The van der Waals surface area contributed by atoms with Crippen molar-refractivity contribution in [3.63, 3.8) is 0 Å². The van der Waals surface area contributed by atoms with Crippen LogP contribution in [0.25, 0.3) is 0 Å². The zero-order chi connectivity index (χ0) is 8.85.